The van der Waals surface area contributed by atoms with Gasteiger partial charge in [-0.1, -0.05) is 0 Å². The molecule has 0 bridgehead atoms. The van der Waals surface area contributed by atoms with Crippen molar-refractivity contribution >= 4 is 17.0 Å². The van der Waals surface area contributed by atoms with Crippen LogP contribution in [0.5, 0.6) is 0 Å². The fourth-order valence-corrected chi connectivity index (χ4v) is 4.44. The van der Waals surface area contributed by atoms with Crippen molar-refractivity contribution in [2.24, 2.45) is 0 Å². The summed E-state index contributed by atoms with van der Waals surface area (Å²) in [5, 5.41) is 0. The van der Waals surface area contributed by atoms with Gasteiger partial charge in [-0.05, 0) is 0 Å². The van der Waals surface area contributed by atoms with E-state index in [4.69, 9.17) is 17.0 Å². The van der Waals surface area contributed by atoms with Crippen molar-refractivity contribution in [2.75, 3.05) is 0 Å². The summed E-state index contributed by atoms with van der Waals surface area (Å²) in [7, 11) is 12.6. The van der Waals surface area contributed by atoms with E-state index in [1.807, 2.05) is 0 Å². The Labute approximate surface area is 66.1 Å². The molecule has 0 N–H and O–H groups in total. The third-order valence-electron chi connectivity index (χ3n) is 2.30. The second kappa shape index (κ2) is 3.24. The summed E-state index contributed by atoms with van der Waals surface area (Å²) < 4.78 is 3.08. The van der Waals surface area contributed by atoms with Crippen LogP contribution in [0, 0.1) is 0 Å². The van der Waals surface area contributed by atoms with Gasteiger partial charge in [-0.3, -0.25) is 0 Å². The van der Waals surface area contributed by atoms with Gasteiger partial charge in [0.2, 0.25) is 0 Å². The molecule has 0 aromatic heterocycles. The van der Waals surface area contributed by atoms with Crippen LogP contribution >= 0.6 is 17.0 Å². The Morgan fingerprint density at radius 1 is 0.889 bits per heavy atom. The number of rotatable bonds is 3. The molecule has 0 unspecified atom stereocenters. The number of halogens is 2. The van der Waals surface area contributed by atoms with E-state index >= 15 is 0 Å². The molecule has 3 heteroatoms. The molecule has 0 saturated heterocycles. The molecule has 0 aromatic carbocycles. The topological polar surface area (TPSA) is 0 Å². The summed E-state index contributed by atoms with van der Waals surface area (Å²) in [5.74, 6) is 0. The molecule has 0 rings (SSSR count). The van der Waals surface area contributed by atoms with E-state index in [0.717, 1.165) is 12.4 Å². The van der Waals surface area contributed by atoms with Crippen LogP contribution in [0.3, 0.4) is 0 Å². The van der Waals surface area contributed by atoms with Crippen LogP contribution in [0.2, 0.25) is 12.4 Å². The second-order valence-electron chi connectivity index (χ2n) is 2.68. The number of hydrogen-bond donors (Lipinski definition) is 0. The standard InChI is InChI=1S/3C2H5.2ClH.Zr/c3*1-2;;;/h3*1H2,2H3;2*1H;/q;;;;;+2/p-2. The molecule has 0 amide bonds. The van der Waals surface area contributed by atoms with Crippen LogP contribution in [0.1, 0.15) is 20.8 Å². The first-order valence-electron chi connectivity index (χ1n) is 3.56. The Hall–Kier alpha value is 1.46. The Balaban J connectivity index is 4.20. The molecule has 0 spiro atoms. The zero-order valence-corrected chi connectivity index (χ0v) is 10.3. The van der Waals surface area contributed by atoms with Gasteiger partial charge < -0.3 is 0 Å². The maximum atomic E-state index is 6.32. The Kier molecular flexibility index (Phi) is 3.77. The van der Waals surface area contributed by atoms with Crippen LogP contribution < -0.4 is 0 Å². The first-order chi connectivity index (χ1) is 3.96. The molecule has 0 aromatic rings. The van der Waals surface area contributed by atoms with Crippen molar-refractivity contribution in [3.63, 3.8) is 0 Å². The Bertz CT molecular complexity index is 82.2. The van der Waals surface area contributed by atoms with Gasteiger partial charge in [0.15, 0.2) is 0 Å². The molecule has 0 aliphatic heterocycles. The fourth-order valence-electron chi connectivity index (χ4n) is 0.750. The van der Waals surface area contributed by atoms with Crippen LogP contribution in [0.25, 0.3) is 0 Å². The predicted molar refractivity (Wildman–Crippen MR) is 43.1 cm³/mol. The van der Waals surface area contributed by atoms with E-state index in [1.54, 1.807) is 0 Å². The van der Waals surface area contributed by atoms with Crippen LogP contribution in [-0.4, -0.2) is 0 Å². The van der Waals surface area contributed by atoms with E-state index < -0.39 is 16.4 Å². The number of hydrogen-bond acceptors (Lipinski definition) is 0. The minimum absolute atomic E-state index is 1.03. The summed E-state index contributed by atoms with van der Waals surface area (Å²) in [6.45, 7) is 6.33. The third-order valence-corrected chi connectivity index (χ3v) is 23.1. The van der Waals surface area contributed by atoms with Crippen LogP contribution in [-0.2, 0) is 16.4 Å². The van der Waals surface area contributed by atoms with Crippen molar-refractivity contribution in [3.05, 3.63) is 0 Å². The summed E-state index contributed by atoms with van der Waals surface area (Å²) >= 11 is -3.00. The van der Waals surface area contributed by atoms with Crippen molar-refractivity contribution in [3.8, 4) is 0 Å². The average Bonchev–Trinajstić information content (AvgIpc) is 1.90. The fraction of sp³-hybridized carbons (Fsp3) is 1.00. The van der Waals surface area contributed by atoms with Crippen molar-refractivity contribution in [1.82, 2.24) is 0 Å². The zero-order chi connectivity index (χ0) is 7.57. The van der Waals surface area contributed by atoms with E-state index in [1.165, 1.54) is 0 Å². The molecule has 9 heavy (non-hydrogen) atoms. The summed E-state index contributed by atoms with van der Waals surface area (Å²) in [5.41, 5.74) is 0. The Morgan fingerprint density at radius 3 is 1.11 bits per heavy atom. The van der Waals surface area contributed by atoms with Gasteiger partial charge in [-0.25, -0.2) is 0 Å². The molecule has 0 aliphatic carbocycles. The van der Waals surface area contributed by atoms with Crippen molar-refractivity contribution in [2.45, 2.75) is 33.2 Å². The van der Waals surface area contributed by atoms with Gasteiger partial charge in [-0.2, -0.15) is 0 Å². The molecule has 0 nitrogen and oxygen atoms in total. The first kappa shape index (κ1) is 10.5. The van der Waals surface area contributed by atoms with Crippen LogP contribution in [0.15, 0.2) is 0 Å². The van der Waals surface area contributed by atoms with E-state index in [0.29, 0.717) is 0 Å². The molecule has 0 atom stereocenters. The van der Waals surface area contributed by atoms with Gasteiger partial charge in [0.05, 0.1) is 0 Å². The summed E-state index contributed by atoms with van der Waals surface area (Å²) in [4.78, 5) is 0. The third kappa shape index (κ3) is 2.91. The summed E-state index contributed by atoms with van der Waals surface area (Å²) in [6, 6.07) is 0. The molecular weight excluding hydrogens is 234 g/mol. The minimum atomic E-state index is -3.00. The van der Waals surface area contributed by atoms with Gasteiger partial charge in [0, 0.05) is 0 Å². The molecular formula is C6H15Cl2Zr. The van der Waals surface area contributed by atoms with Crippen molar-refractivity contribution < 1.29 is 16.4 Å². The molecule has 0 fully saturated rings. The SMILES string of the molecule is C[CH2][Zr]([Cl])([Cl])([CH2]C)[CH2]C. The average molecular weight is 249 g/mol. The predicted octanol–water partition coefficient (Wildman–Crippen LogP) is 4.30. The Morgan fingerprint density at radius 2 is 1.11 bits per heavy atom. The molecule has 0 radical (unpaired) electrons. The first-order valence-corrected chi connectivity index (χ1v) is 15.1. The molecule has 0 heterocycles. The van der Waals surface area contributed by atoms with Crippen LogP contribution in [0.4, 0.5) is 0 Å². The molecule has 0 aliphatic rings. The second-order valence-corrected chi connectivity index (χ2v) is 28.7. The van der Waals surface area contributed by atoms with Crippen molar-refractivity contribution in [1.29, 1.82) is 0 Å². The molecule has 0 saturated carbocycles. The van der Waals surface area contributed by atoms with E-state index in [-0.39, 0.29) is 0 Å². The summed E-state index contributed by atoms with van der Waals surface area (Å²) in [6.07, 6.45) is 0. The maximum absolute atomic E-state index is 6.32. The van der Waals surface area contributed by atoms with Gasteiger partial charge in [-0.15, -0.1) is 0 Å². The van der Waals surface area contributed by atoms with Gasteiger partial charge >= 0.3 is 66.6 Å². The van der Waals surface area contributed by atoms with E-state index in [2.05, 4.69) is 20.8 Å². The zero-order valence-electron chi connectivity index (χ0n) is 6.38. The van der Waals surface area contributed by atoms with Gasteiger partial charge in [0.1, 0.15) is 0 Å². The normalized spacial score (nSPS) is 16.8. The van der Waals surface area contributed by atoms with Gasteiger partial charge in [0.25, 0.3) is 0 Å². The molecule has 57 valence electrons. The quantitative estimate of drug-likeness (QED) is 0.699. The van der Waals surface area contributed by atoms with E-state index in [9.17, 15) is 0 Å². The monoisotopic (exact) mass is 247 g/mol.